The van der Waals surface area contributed by atoms with Crippen LogP contribution in [0.4, 0.5) is 22.7 Å². The number of ether oxygens (including phenoxy) is 6. The highest BCUT2D eigenvalue weighted by molar-refractivity contribution is 6.01. The lowest BCUT2D eigenvalue weighted by molar-refractivity contribution is -0.141. The minimum Gasteiger partial charge on any atom is -0.489 e. The van der Waals surface area contributed by atoms with E-state index in [1.165, 1.54) is 32.6 Å². The maximum atomic E-state index is 12.8. The van der Waals surface area contributed by atoms with Crippen LogP contribution in [0.1, 0.15) is 145 Å². The van der Waals surface area contributed by atoms with E-state index < -0.39 is 17.9 Å². The van der Waals surface area contributed by atoms with Crippen LogP contribution in [0.5, 0.6) is 11.5 Å². The van der Waals surface area contributed by atoms with Crippen LogP contribution in [0.15, 0.2) is 121 Å². The number of rotatable bonds is 20. The van der Waals surface area contributed by atoms with Crippen LogP contribution >= 0.6 is 0 Å². The molecule has 4 aliphatic heterocycles. The van der Waals surface area contributed by atoms with Crippen LogP contribution in [0.3, 0.4) is 0 Å². The number of carboxylic acid groups (broad SMARTS) is 2. The Morgan fingerprint density at radius 1 is 0.480 bits per heavy atom. The Kier molecular flexibility index (Phi) is 20.8. The molecule has 2 aliphatic carbocycles. The highest BCUT2D eigenvalue weighted by atomic mass is 16.5. The molecule has 98 heavy (non-hydrogen) atoms. The lowest BCUT2D eigenvalue weighted by Gasteiger charge is -2.31. The number of carboxylic acids is 2. The number of hydrogen-bond acceptors (Lipinski definition) is 14. The third kappa shape index (κ3) is 14.5. The second kappa shape index (κ2) is 30.4. The number of amides is 2. The number of methoxy groups -OCH3 is 2. The largest absolute Gasteiger partial charge is 0.489 e. The van der Waals surface area contributed by atoms with Gasteiger partial charge >= 0.3 is 23.9 Å². The fourth-order valence-electron chi connectivity index (χ4n) is 15.5. The van der Waals surface area contributed by atoms with Crippen molar-refractivity contribution < 1.29 is 67.4 Å². The molecule has 0 atom stereocenters. The molecule has 0 unspecified atom stereocenters. The summed E-state index contributed by atoms with van der Waals surface area (Å²) in [5, 5.41) is 21.6. The maximum absolute atomic E-state index is 12.8. The summed E-state index contributed by atoms with van der Waals surface area (Å²) in [4.78, 5) is 82.8. The molecule has 2 aromatic heterocycles. The lowest BCUT2D eigenvalue weighted by Crippen LogP contribution is -2.37. The number of nitrogens with zero attached hydrogens (tertiary/aromatic N) is 6. The monoisotopic (exact) mass is 1330 g/mol. The Hall–Kier alpha value is -9.66. The Balaban J connectivity index is 0.000000177. The predicted octanol–water partition coefficient (Wildman–Crippen LogP) is 13.5. The van der Waals surface area contributed by atoms with Crippen LogP contribution in [-0.4, -0.2) is 135 Å². The number of aromatic nitrogens is 2. The van der Waals surface area contributed by atoms with Gasteiger partial charge in [-0.2, -0.15) is 0 Å². The van der Waals surface area contributed by atoms with Crippen molar-refractivity contribution in [3.63, 3.8) is 0 Å². The van der Waals surface area contributed by atoms with Gasteiger partial charge in [-0.15, -0.1) is 0 Å². The van der Waals surface area contributed by atoms with E-state index in [4.69, 9.17) is 28.4 Å². The van der Waals surface area contributed by atoms with Crippen LogP contribution in [0, 0.1) is 0 Å². The van der Waals surface area contributed by atoms with Crippen molar-refractivity contribution in [2.75, 3.05) is 99.5 Å². The topological polar surface area (TPSA) is 221 Å². The highest BCUT2D eigenvalue weighted by Crippen LogP contribution is 2.47. The van der Waals surface area contributed by atoms with Gasteiger partial charge < -0.3 is 67.4 Å². The van der Waals surface area contributed by atoms with Gasteiger partial charge in [0.2, 0.25) is 11.8 Å². The van der Waals surface area contributed by atoms with Crippen molar-refractivity contribution in [3.05, 3.63) is 155 Å². The van der Waals surface area contributed by atoms with E-state index in [-0.39, 0.29) is 42.4 Å². The van der Waals surface area contributed by atoms with Gasteiger partial charge in [0.15, 0.2) is 0 Å². The van der Waals surface area contributed by atoms with Gasteiger partial charge in [-0.3, -0.25) is 19.2 Å². The number of benzene rings is 6. The van der Waals surface area contributed by atoms with E-state index in [1.54, 1.807) is 16.7 Å². The molecule has 4 saturated heterocycles. The number of esters is 2. The molecule has 8 aromatic rings. The van der Waals surface area contributed by atoms with Crippen molar-refractivity contribution in [3.8, 4) is 34.0 Å². The van der Waals surface area contributed by atoms with Crippen molar-refractivity contribution in [1.82, 2.24) is 9.13 Å². The summed E-state index contributed by atoms with van der Waals surface area (Å²) in [7, 11) is 2.77. The van der Waals surface area contributed by atoms with Gasteiger partial charge in [0, 0.05) is 96.8 Å². The molecule has 6 fully saturated rings. The maximum Gasteiger partial charge on any atom is 0.337 e. The molecule has 14 rings (SSSR count). The van der Waals surface area contributed by atoms with E-state index in [2.05, 4.69) is 34.1 Å². The molecule has 20 nitrogen and oxygen atoms in total. The molecule has 6 aliphatic rings. The first kappa shape index (κ1) is 66.9. The highest BCUT2D eigenvalue weighted by Gasteiger charge is 2.32. The zero-order valence-electron chi connectivity index (χ0n) is 56.0. The number of carbonyl (C=O) groups excluding carboxylic acids is 4. The minimum absolute atomic E-state index is 0.0120. The average Bonchev–Trinajstić information content (AvgIpc) is 1.60. The Bertz CT molecular complexity index is 4250. The molecule has 2 saturated carbocycles. The summed E-state index contributed by atoms with van der Waals surface area (Å²) in [6.45, 7) is 7.67. The van der Waals surface area contributed by atoms with Crippen molar-refractivity contribution in [2.45, 2.75) is 128 Å². The second-order valence-electron chi connectivity index (χ2n) is 26.3. The average molecular weight is 1330 g/mol. The standard InChI is InChI=1S/C40H45N3O7.C38H41N3O7/c1-47-37(45)25-43-35-24-29(40(46)48-2)12-16-33(35)38(27-7-4-3-5-8-27)39(43)28-10-14-32(15-11-28)50-26-30-23-31(42-18-6-9-36(42)44)13-17-34(30)41-19-21-49-22-20-41;42-34-7-4-16-40(34)29-11-15-32(39-17-19-47-20-18-39)28(21-29)24-48-30-12-8-26(9-13-30)37-36(25-5-2-1-3-6-25)31-14-10-27(38(45)46)22-33(31)41(37)23-35(43)44/h10-17,23-24,27H,3-9,18-22,25-26H2,1-2H3;8-15,21-22,25H,1-7,16-20,23-24H2,(H,43,44)(H,45,46). The van der Waals surface area contributed by atoms with Gasteiger partial charge in [0.05, 0.1) is 74.2 Å². The number of aromatic carboxylic acids is 1. The minimum atomic E-state index is -1.04. The van der Waals surface area contributed by atoms with Gasteiger partial charge in [0.1, 0.15) is 37.8 Å². The van der Waals surface area contributed by atoms with Gasteiger partial charge in [0.25, 0.3) is 0 Å². The number of carbonyl (C=O) groups is 6. The number of fused-ring (bicyclic) bond motifs is 2. The van der Waals surface area contributed by atoms with Crippen molar-refractivity contribution in [1.29, 1.82) is 0 Å². The van der Waals surface area contributed by atoms with Crippen molar-refractivity contribution >= 4 is 80.2 Å². The Labute approximate surface area is 570 Å². The Morgan fingerprint density at radius 2 is 0.918 bits per heavy atom. The van der Waals surface area contributed by atoms with Crippen LogP contribution in [-0.2, 0) is 64.4 Å². The summed E-state index contributed by atoms with van der Waals surface area (Å²) < 4.78 is 37.9. The third-order valence-electron chi connectivity index (χ3n) is 20.4. The third-order valence-corrected chi connectivity index (χ3v) is 20.4. The van der Waals surface area contributed by atoms with Crippen LogP contribution < -0.4 is 29.1 Å². The first-order valence-electron chi connectivity index (χ1n) is 34.7. The van der Waals surface area contributed by atoms with E-state index >= 15 is 0 Å². The summed E-state index contributed by atoms with van der Waals surface area (Å²) >= 11 is 0. The predicted molar refractivity (Wildman–Crippen MR) is 375 cm³/mol. The first-order valence-corrected chi connectivity index (χ1v) is 34.7. The summed E-state index contributed by atoms with van der Waals surface area (Å²) in [6, 6.07) is 38.9. The number of morpholine rings is 2. The molecule has 0 bridgehead atoms. The fourth-order valence-corrected chi connectivity index (χ4v) is 15.5. The summed E-state index contributed by atoms with van der Waals surface area (Å²) in [5.74, 6) is -0.553. The van der Waals surface area contributed by atoms with Gasteiger partial charge in [-0.05, 0) is 182 Å². The molecule has 20 heteroatoms. The first-order chi connectivity index (χ1) is 47.8. The fraction of sp³-hybridized carbons (Fsp3) is 0.410. The molecule has 0 spiro atoms. The molecular formula is C78H86N6O14. The van der Waals surface area contributed by atoms with E-state index in [0.717, 1.165) is 182 Å². The molecule has 2 N–H and O–H groups in total. The molecule has 512 valence electrons. The second-order valence-corrected chi connectivity index (χ2v) is 26.3. The molecular weight excluding hydrogens is 1240 g/mol. The zero-order valence-corrected chi connectivity index (χ0v) is 56.0. The van der Waals surface area contributed by atoms with E-state index in [1.807, 2.05) is 99.3 Å². The Morgan fingerprint density at radius 3 is 1.33 bits per heavy atom. The zero-order chi connectivity index (χ0) is 67.8. The number of anilines is 4. The van der Waals surface area contributed by atoms with Gasteiger partial charge in [-0.1, -0.05) is 50.7 Å². The van der Waals surface area contributed by atoms with Crippen LogP contribution in [0.2, 0.25) is 0 Å². The summed E-state index contributed by atoms with van der Waals surface area (Å²) in [5.41, 5.74) is 13.9. The van der Waals surface area contributed by atoms with Gasteiger partial charge in [-0.25, -0.2) is 9.59 Å². The summed E-state index contributed by atoms with van der Waals surface area (Å²) in [6.07, 6.45) is 13.9. The number of aliphatic carboxylic acids is 1. The quantitative estimate of drug-likeness (QED) is 0.0677. The smallest absolute Gasteiger partial charge is 0.337 e. The molecule has 6 heterocycles. The molecule has 0 radical (unpaired) electrons. The van der Waals surface area contributed by atoms with Crippen molar-refractivity contribution in [2.24, 2.45) is 0 Å². The van der Waals surface area contributed by atoms with Crippen LogP contribution in [0.25, 0.3) is 44.3 Å². The molecule has 6 aromatic carbocycles. The normalized spacial score (nSPS) is 17.1. The SMILES string of the molecule is COC(=O)Cn1c(-c2ccc(OCc3cc(N4CCCC4=O)ccc3N3CCOCC3)cc2)c(C2CCCCC2)c2ccc(C(=O)OC)cc21.O=C(O)Cn1c(-c2ccc(OCc3cc(N4CCCC4=O)ccc3N3CCOCC3)cc2)c(C2CCCCC2)c2ccc(C(=O)O)cc21. The van der Waals surface area contributed by atoms with E-state index in [9.17, 15) is 39.0 Å². The number of hydrogen-bond donors (Lipinski definition) is 2. The lowest BCUT2D eigenvalue weighted by atomic mass is 9.82. The molecule has 2 amide bonds. The van der Waals surface area contributed by atoms with E-state index in [0.29, 0.717) is 81.0 Å².